The fourth-order valence-corrected chi connectivity index (χ4v) is 2.16. The first-order chi connectivity index (χ1) is 9.08. The Morgan fingerprint density at radius 3 is 2.84 bits per heavy atom. The second-order valence-electron chi connectivity index (χ2n) is 4.94. The van der Waals surface area contributed by atoms with Crippen LogP contribution in [-0.2, 0) is 6.54 Å². The molecule has 0 N–H and O–H groups in total. The molecule has 0 fully saturated rings. The van der Waals surface area contributed by atoms with Crippen molar-refractivity contribution in [1.29, 1.82) is 0 Å². The topological polar surface area (TPSA) is 34.0 Å². The normalized spacial score (nSPS) is 11.0. The first kappa shape index (κ1) is 13.9. The minimum atomic E-state index is 0.426. The number of halogens is 1. The summed E-state index contributed by atoms with van der Waals surface area (Å²) in [5.41, 5.74) is 2.37. The molecule has 2 heterocycles. The molecule has 4 nitrogen and oxygen atoms in total. The van der Waals surface area contributed by atoms with E-state index in [0.717, 1.165) is 18.8 Å². The van der Waals surface area contributed by atoms with Crippen LogP contribution in [0.25, 0.3) is 0 Å². The maximum absolute atomic E-state index is 6.01. The van der Waals surface area contributed by atoms with Gasteiger partial charge in [-0.15, -0.1) is 0 Å². The van der Waals surface area contributed by atoms with E-state index in [1.165, 1.54) is 5.56 Å². The lowest BCUT2D eigenvalue weighted by Gasteiger charge is -2.24. The van der Waals surface area contributed by atoms with Gasteiger partial charge in [-0.25, -0.2) is 9.97 Å². The van der Waals surface area contributed by atoms with E-state index in [1.807, 2.05) is 24.8 Å². The SMILES string of the molecule is CC(C)c1cnc(Cl)cc1N(C)CCn1ccnc1. The zero-order valence-electron chi connectivity index (χ0n) is 11.5. The number of rotatable bonds is 5. The number of hydrogen-bond donors (Lipinski definition) is 0. The first-order valence-electron chi connectivity index (χ1n) is 6.40. The number of hydrogen-bond acceptors (Lipinski definition) is 3. The van der Waals surface area contributed by atoms with E-state index in [4.69, 9.17) is 11.6 Å². The van der Waals surface area contributed by atoms with Gasteiger partial charge in [-0.1, -0.05) is 25.4 Å². The van der Waals surface area contributed by atoms with Gasteiger partial charge in [0.25, 0.3) is 0 Å². The summed E-state index contributed by atoms with van der Waals surface area (Å²) < 4.78 is 2.06. The molecule has 0 spiro atoms. The van der Waals surface area contributed by atoms with Crippen molar-refractivity contribution in [2.45, 2.75) is 26.3 Å². The Labute approximate surface area is 119 Å². The molecule has 0 aliphatic heterocycles. The van der Waals surface area contributed by atoms with Crippen molar-refractivity contribution >= 4 is 17.3 Å². The molecule has 2 rings (SSSR count). The summed E-state index contributed by atoms with van der Waals surface area (Å²) >= 11 is 6.01. The summed E-state index contributed by atoms with van der Waals surface area (Å²) in [7, 11) is 2.08. The van der Waals surface area contributed by atoms with Gasteiger partial charge in [0, 0.05) is 44.4 Å². The minimum Gasteiger partial charge on any atom is -0.372 e. The second kappa shape index (κ2) is 6.06. The number of nitrogens with zero attached hydrogens (tertiary/aromatic N) is 4. The molecule has 0 saturated heterocycles. The summed E-state index contributed by atoms with van der Waals surface area (Å²) in [6.45, 7) is 6.13. The van der Waals surface area contributed by atoms with Gasteiger partial charge in [-0.3, -0.25) is 0 Å². The van der Waals surface area contributed by atoms with Gasteiger partial charge in [0.1, 0.15) is 5.15 Å². The van der Waals surface area contributed by atoms with Crippen molar-refractivity contribution in [1.82, 2.24) is 14.5 Å². The zero-order chi connectivity index (χ0) is 13.8. The molecule has 0 atom stereocenters. The Kier molecular flexibility index (Phi) is 4.43. The van der Waals surface area contributed by atoms with Gasteiger partial charge < -0.3 is 9.47 Å². The quantitative estimate of drug-likeness (QED) is 0.788. The molecule has 0 saturated carbocycles. The monoisotopic (exact) mass is 278 g/mol. The Morgan fingerprint density at radius 1 is 1.42 bits per heavy atom. The van der Waals surface area contributed by atoms with E-state index in [9.17, 15) is 0 Å². The summed E-state index contributed by atoms with van der Waals surface area (Å²) in [6.07, 6.45) is 7.46. The molecule has 0 aromatic carbocycles. The molecule has 102 valence electrons. The van der Waals surface area contributed by atoms with Crippen LogP contribution in [0.4, 0.5) is 5.69 Å². The van der Waals surface area contributed by atoms with Gasteiger partial charge in [0.2, 0.25) is 0 Å². The minimum absolute atomic E-state index is 0.426. The van der Waals surface area contributed by atoms with Crippen LogP contribution in [0.3, 0.4) is 0 Å². The fourth-order valence-electron chi connectivity index (χ4n) is 2.01. The molecular weight excluding hydrogens is 260 g/mol. The zero-order valence-corrected chi connectivity index (χ0v) is 12.3. The maximum Gasteiger partial charge on any atom is 0.131 e. The van der Waals surface area contributed by atoms with E-state index >= 15 is 0 Å². The molecule has 0 aliphatic carbocycles. The highest BCUT2D eigenvalue weighted by molar-refractivity contribution is 6.29. The molecule has 5 heteroatoms. The third-order valence-electron chi connectivity index (χ3n) is 3.16. The molecular formula is C14H19ClN4. The highest BCUT2D eigenvalue weighted by atomic mass is 35.5. The van der Waals surface area contributed by atoms with Crippen LogP contribution in [0.2, 0.25) is 5.15 Å². The summed E-state index contributed by atoms with van der Waals surface area (Å²) in [5, 5.41) is 0.536. The van der Waals surface area contributed by atoms with E-state index < -0.39 is 0 Å². The van der Waals surface area contributed by atoms with Crippen LogP contribution in [0.5, 0.6) is 0 Å². The average Bonchev–Trinajstić information content (AvgIpc) is 2.88. The van der Waals surface area contributed by atoms with Crippen molar-refractivity contribution in [2.75, 3.05) is 18.5 Å². The van der Waals surface area contributed by atoms with Gasteiger partial charge >= 0.3 is 0 Å². The van der Waals surface area contributed by atoms with Gasteiger partial charge in [0.15, 0.2) is 0 Å². The standard InChI is InChI=1S/C14H19ClN4/c1-11(2)12-9-17-14(15)8-13(12)18(3)6-7-19-5-4-16-10-19/h4-5,8-11H,6-7H2,1-3H3. The number of pyridine rings is 1. The van der Waals surface area contributed by atoms with Gasteiger partial charge in [0.05, 0.1) is 6.33 Å². The second-order valence-corrected chi connectivity index (χ2v) is 5.33. The fraction of sp³-hybridized carbons (Fsp3) is 0.429. The van der Waals surface area contributed by atoms with Crippen molar-refractivity contribution in [2.24, 2.45) is 0 Å². The Bertz CT molecular complexity index is 522. The van der Waals surface area contributed by atoms with Gasteiger partial charge in [-0.05, 0) is 17.5 Å². The van der Waals surface area contributed by atoms with Crippen molar-refractivity contribution < 1.29 is 0 Å². The smallest absolute Gasteiger partial charge is 0.131 e. The Balaban J connectivity index is 2.13. The molecule has 0 aliphatic rings. The van der Waals surface area contributed by atoms with E-state index in [1.54, 1.807) is 6.20 Å². The van der Waals surface area contributed by atoms with E-state index in [-0.39, 0.29) is 0 Å². The molecule has 0 amide bonds. The van der Waals surface area contributed by atoms with E-state index in [0.29, 0.717) is 11.1 Å². The Hall–Kier alpha value is -1.55. The highest BCUT2D eigenvalue weighted by Crippen LogP contribution is 2.28. The molecule has 0 radical (unpaired) electrons. The summed E-state index contributed by atoms with van der Waals surface area (Å²) in [4.78, 5) is 10.4. The molecule has 2 aromatic heterocycles. The maximum atomic E-state index is 6.01. The largest absolute Gasteiger partial charge is 0.372 e. The number of likely N-dealkylation sites (N-methyl/N-ethyl adjacent to an activating group) is 1. The Morgan fingerprint density at radius 2 is 2.21 bits per heavy atom. The van der Waals surface area contributed by atoms with Crippen molar-refractivity contribution in [3.8, 4) is 0 Å². The van der Waals surface area contributed by atoms with Crippen LogP contribution in [0.1, 0.15) is 25.3 Å². The lowest BCUT2D eigenvalue weighted by atomic mass is 10.0. The number of imidazole rings is 1. The van der Waals surface area contributed by atoms with Crippen LogP contribution in [0.15, 0.2) is 31.0 Å². The van der Waals surface area contributed by atoms with Crippen LogP contribution < -0.4 is 4.90 Å². The van der Waals surface area contributed by atoms with Gasteiger partial charge in [-0.2, -0.15) is 0 Å². The lowest BCUT2D eigenvalue weighted by Crippen LogP contribution is -2.23. The van der Waals surface area contributed by atoms with Crippen molar-refractivity contribution in [3.63, 3.8) is 0 Å². The third kappa shape index (κ3) is 3.47. The molecule has 0 unspecified atom stereocenters. The predicted octanol–water partition coefficient (Wildman–Crippen LogP) is 3.19. The average molecular weight is 279 g/mol. The highest BCUT2D eigenvalue weighted by Gasteiger charge is 2.12. The number of anilines is 1. The summed E-state index contributed by atoms with van der Waals surface area (Å²) in [5.74, 6) is 0.426. The van der Waals surface area contributed by atoms with Crippen LogP contribution in [-0.4, -0.2) is 28.1 Å². The number of aromatic nitrogens is 3. The first-order valence-corrected chi connectivity index (χ1v) is 6.78. The van der Waals surface area contributed by atoms with Crippen LogP contribution >= 0.6 is 11.6 Å². The summed E-state index contributed by atoms with van der Waals surface area (Å²) in [6, 6.07) is 1.94. The van der Waals surface area contributed by atoms with Crippen LogP contribution in [0, 0.1) is 0 Å². The molecule has 0 bridgehead atoms. The van der Waals surface area contributed by atoms with E-state index in [2.05, 4.69) is 40.3 Å². The lowest BCUT2D eigenvalue weighted by molar-refractivity contribution is 0.680. The molecule has 2 aromatic rings. The van der Waals surface area contributed by atoms with Crippen molar-refractivity contribution in [3.05, 3.63) is 41.7 Å². The predicted molar refractivity (Wildman–Crippen MR) is 78.8 cm³/mol. The molecule has 19 heavy (non-hydrogen) atoms. The third-order valence-corrected chi connectivity index (χ3v) is 3.37.